The number of hydrogen-bond acceptors (Lipinski definition) is 6. The number of ketones is 2. The Balaban J connectivity index is 2.19. The van der Waals surface area contributed by atoms with Crippen molar-refractivity contribution in [1.82, 2.24) is 0 Å². The van der Waals surface area contributed by atoms with Gasteiger partial charge in [0.2, 0.25) is 9.84 Å². The molecular formula is C17H18O6S. The number of Topliss-reactive ketones (excluding diaryl/α,β-unsaturated/α-hetero) is 2. The zero-order valence-electron chi connectivity index (χ0n) is 13.2. The normalized spacial score (nSPS) is 30.2. The summed E-state index contributed by atoms with van der Waals surface area (Å²) in [6, 6.07) is 7.65. The SMILES string of the molecule is CO[C@@]12C=C(S(=O)(=O)c3ccccc3)C(=O)C[C@]1(CO)C(=O)CC2. The summed E-state index contributed by atoms with van der Waals surface area (Å²) in [7, 11) is -2.65. The molecule has 0 amide bonds. The van der Waals surface area contributed by atoms with Crippen LogP contribution >= 0.6 is 0 Å². The first kappa shape index (κ1) is 17.0. The van der Waals surface area contributed by atoms with E-state index in [4.69, 9.17) is 4.74 Å². The Morgan fingerprint density at radius 2 is 1.88 bits per heavy atom. The number of hydrogen-bond donors (Lipinski definition) is 1. The molecule has 1 aromatic carbocycles. The molecule has 0 saturated heterocycles. The van der Waals surface area contributed by atoms with Gasteiger partial charge in [-0.2, -0.15) is 0 Å². The van der Waals surface area contributed by atoms with E-state index in [1.54, 1.807) is 18.2 Å². The third-order valence-corrected chi connectivity index (χ3v) is 6.96. The summed E-state index contributed by atoms with van der Waals surface area (Å²) in [5.41, 5.74) is -2.67. The molecule has 2 atom stereocenters. The Morgan fingerprint density at radius 3 is 2.46 bits per heavy atom. The molecule has 7 heteroatoms. The van der Waals surface area contributed by atoms with E-state index < -0.39 is 33.2 Å². The maximum Gasteiger partial charge on any atom is 0.209 e. The van der Waals surface area contributed by atoms with Gasteiger partial charge in [-0.3, -0.25) is 9.59 Å². The third-order valence-electron chi connectivity index (χ3n) is 5.15. The Labute approximate surface area is 140 Å². The highest BCUT2D eigenvalue weighted by Crippen LogP contribution is 2.53. The molecule has 128 valence electrons. The third kappa shape index (κ3) is 2.12. The van der Waals surface area contributed by atoms with Gasteiger partial charge >= 0.3 is 0 Å². The van der Waals surface area contributed by atoms with Gasteiger partial charge in [0, 0.05) is 20.0 Å². The summed E-state index contributed by atoms with van der Waals surface area (Å²) in [6.07, 6.45) is 1.25. The van der Waals surface area contributed by atoms with Crippen molar-refractivity contribution in [2.75, 3.05) is 13.7 Å². The first-order valence-corrected chi connectivity index (χ1v) is 9.07. The molecule has 6 nitrogen and oxygen atoms in total. The fraction of sp³-hybridized carbons (Fsp3) is 0.412. The monoisotopic (exact) mass is 350 g/mol. The number of rotatable bonds is 4. The molecule has 1 saturated carbocycles. The number of carbonyl (C=O) groups is 2. The summed E-state index contributed by atoms with van der Waals surface area (Å²) >= 11 is 0. The molecule has 24 heavy (non-hydrogen) atoms. The number of ether oxygens (including phenoxy) is 1. The first-order chi connectivity index (χ1) is 11.3. The zero-order valence-corrected chi connectivity index (χ0v) is 14.0. The van der Waals surface area contributed by atoms with E-state index in [0.717, 1.165) is 0 Å². The van der Waals surface area contributed by atoms with Crippen LogP contribution in [0.3, 0.4) is 0 Å². The molecule has 0 aromatic heterocycles. The Kier molecular flexibility index (Phi) is 3.98. The summed E-state index contributed by atoms with van der Waals surface area (Å²) in [6.45, 7) is -0.555. The number of fused-ring (bicyclic) bond motifs is 1. The van der Waals surface area contributed by atoms with Crippen LogP contribution < -0.4 is 0 Å². The number of methoxy groups -OCH3 is 1. The smallest absolute Gasteiger partial charge is 0.209 e. The lowest BCUT2D eigenvalue weighted by molar-refractivity contribution is -0.148. The Morgan fingerprint density at radius 1 is 1.21 bits per heavy atom. The van der Waals surface area contributed by atoms with E-state index in [2.05, 4.69) is 0 Å². The highest BCUT2D eigenvalue weighted by atomic mass is 32.2. The molecule has 0 radical (unpaired) electrons. The quantitative estimate of drug-likeness (QED) is 0.871. The topological polar surface area (TPSA) is 97.7 Å². The van der Waals surface area contributed by atoms with E-state index in [0.29, 0.717) is 0 Å². The van der Waals surface area contributed by atoms with Gasteiger partial charge in [-0.1, -0.05) is 18.2 Å². The fourth-order valence-electron chi connectivity index (χ4n) is 3.71. The summed E-state index contributed by atoms with van der Waals surface area (Å²) in [5, 5.41) is 9.81. The number of aliphatic hydroxyl groups is 1. The Hall–Kier alpha value is -1.83. The molecule has 1 fully saturated rings. The van der Waals surface area contributed by atoms with Crippen LogP contribution in [0, 0.1) is 5.41 Å². The molecule has 0 unspecified atom stereocenters. The highest BCUT2D eigenvalue weighted by molar-refractivity contribution is 7.96. The van der Waals surface area contributed by atoms with E-state index in [1.807, 2.05) is 0 Å². The lowest BCUT2D eigenvalue weighted by Crippen LogP contribution is -2.54. The number of aliphatic hydroxyl groups excluding tert-OH is 1. The van der Waals surface area contributed by atoms with Gasteiger partial charge in [-0.15, -0.1) is 0 Å². The minimum atomic E-state index is -4.01. The van der Waals surface area contributed by atoms with Crippen molar-refractivity contribution in [3.8, 4) is 0 Å². The highest BCUT2D eigenvalue weighted by Gasteiger charge is 2.63. The van der Waals surface area contributed by atoms with Crippen molar-refractivity contribution in [2.45, 2.75) is 29.8 Å². The van der Waals surface area contributed by atoms with Crippen molar-refractivity contribution in [3.63, 3.8) is 0 Å². The van der Waals surface area contributed by atoms with Crippen LogP contribution in [0.15, 0.2) is 46.2 Å². The van der Waals surface area contributed by atoms with Crippen LogP contribution in [0.4, 0.5) is 0 Å². The van der Waals surface area contributed by atoms with Gasteiger partial charge < -0.3 is 9.84 Å². The second-order valence-electron chi connectivity index (χ2n) is 6.18. The molecule has 2 aliphatic carbocycles. The van der Waals surface area contributed by atoms with Crippen molar-refractivity contribution >= 4 is 21.4 Å². The molecule has 1 aromatic rings. The molecular weight excluding hydrogens is 332 g/mol. The van der Waals surface area contributed by atoms with E-state index in [-0.39, 0.29) is 34.8 Å². The number of carbonyl (C=O) groups excluding carboxylic acids is 2. The van der Waals surface area contributed by atoms with Crippen LogP contribution in [0.2, 0.25) is 0 Å². The molecule has 0 aliphatic heterocycles. The fourth-order valence-corrected chi connectivity index (χ4v) is 5.20. The van der Waals surface area contributed by atoms with Gasteiger partial charge in [-0.25, -0.2) is 8.42 Å². The average molecular weight is 350 g/mol. The second kappa shape index (κ2) is 5.61. The lowest BCUT2D eigenvalue weighted by Gasteiger charge is -2.43. The van der Waals surface area contributed by atoms with Crippen LogP contribution in [0.25, 0.3) is 0 Å². The van der Waals surface area contributed by atoms with Crippen molar-refractivity contribution in [2.24, 2.45) is 5.41 Å². The second-order valence-corrected chi connectivity index (χ2v) is 8.10. The minimum Gasteiger partial charge on any atom is -0.395 e. The van der Waals surface area contributed by atoms with Crippen LogP contribution in [0.1, 0.15) is 19.3 Å². The predicted molar refractivity (Wildman–Crippen MR) is 84.8 cm³/mol. The van der Waals surface area contributed by atoms with Gasteiger partial charge in [0.15, 0.2) is 5.78 Å². The van der Waals surface area contributed by atoms with E-state index in [9.17, 15) is 23.1 Å². The maximum absolute atomic E-state index is 12.8. The molecule has 0 spiro atoms. The van der Waals surface area contributed by atoms with Gasteiger partial charge in [0.05, 0.1) is 16.9 Å². The maximum atomic E-state index is 12.8. The van der Waals surface area contributed by atoms with Crippen molar-refractivity contribution in [1.29, 1.82) is 0 Å². The van der Waals surface area contributed by atoms with Crippen LogP contribution in [0.5, 0.6) is 0 Å². The zero-order chi connectivity index (χ0) is 17.6. The molecule has 3 rings (SSSR count). The molecule has 0 heterocycles. The van der Waals surface area contributed by atoms with Gasteiger partial charge in [-0.05, 0) is 24.6 Å². The van der Waals surface area contributed by atoms with Gasteiger partial charge in [0.1, 0.15) is 16.3 Å². The first-order valence-electron chi connectivity index (χ1n) is 7.58. The largest absolute Gasteiger partial charge is 0.395 e. The van der Waals surface area contributed by atoms with E-state index in [1.165, 1.54) is 25.3 Å². The van der Waals surface area contributed by atoms with Crippen molar-refractivity contribution < 1.29 is 27.9 Å². The number of benzene rings is 1. The van der Waals surface area contributed by atoms with Gasteiger partial charge in [0.25, 0.3) is 0 Å². The molecule has 2 aliphatic rings. The average Bonchev–Trinajstić information content (AvgIpc) is 2.88. The number of sulfone groups is 1. The molecule has 0 bridgehead atoms. The van der Waals surface area contributed by atoms with E-state index >= 15 is 0 Å². The lowest BCUT2D eigenvalue weighted by atomic mass is 9.67. The van der Waals surface area contributed by atoms with Crippen LogP contribution in [-0.2, 0) is 24.2 Å². The standard InChI is InChI=1S/C17H18O6S/c1-23-17-8-7-15(20)16(17,11-18)9-13(19)14(10-17)24(21,22)12-5-3-2-4-6-12/h2-6,10,18H,7-9,11H2,1H3/t16-,17-/m0/s1. The van der Waals surface area contributed by atoms with Crippen LogP contribution in [-0.4, -0.2) is 44.4 Å². The number of allylic oxidation sites excluding steroid dienone is 1. The van der Waals surface area contributed by atoms with Crippen molar-refractivity contribution in [3.05, 3.63) is 41.3 Å². The molecule has 1 N–H and O–H groups in total. The summed E-state index contributed by atoms with van der Waals surface area (Å²) in [5.74, 6) is -0.941. The predicted octanol–water partition coefficient (Wildman–Crippen LogP) is 1.04. The Bertz CT molecular complexity index is 826. The summed E-state index contributed by atoms with van der Waals surface area (Å²) < 4.78 is 31.2. The minimum absolute atomic E-state index is 0.0108. The summed E-state index contributed by atoms with van der Waals surface area (Å²) in [4.78, 5) is 24.5.